The normalized spacial score (nSPS) is 12.7. The second kappa shape index (κ2) is 9.94. The number of aryl methyl sites for hydroxylation is 1. The Balaban J connectivity index is 1.79. The van der Waals surface area contributed by atoms with Gasteiger partial charge in [0.2, 0.25) is 5.91 Å². The van der Waals surface area contributed by atoms with Gasteiger partial charge in [-0.05, 0) is 25.0 Å². The largest absolute Gasteiger partial charge is 0.497 e. The van der Waals surface area contributed by atoms with Gasteiger partial charge in [0.15, 0.2) is 0 Å². The molecular formula is C25H28N2O3. The molecule has 5 heteroatoms. The molecule has 3 rings (SSSR count). The number of nitrogens with one attached hydrogen (secondary N) is 2. The van der Waals surface area contributed by atoms with Crippen molar-refractivity contribution >= 4 is 11.6 Å². The molecule has 0 aliphatic carbocycles. The van der Waals surface area contributed by atoms with E-state index in [0.717, 1.165) is 11.1 Å². The highest BCUT2D eigenvalue weighted by atomic mass is 16.5. The van der Waals surface area contributed by atoms with Gasteiger partial charge in [-0.3, -0.25) is 10.1 Å². The van der Waals surface area contributed by atoms with Gasteiger partial charge >= 0.3 is 0 Å². The van der Waals surface area contributed by atoms with Crippen molar-refractivity contribution in [1.82, 2.24) is 5.32 Å². The predicted octanol–water partition coefficient (Wildman–Crippen LogP) is 4.72. The van der Waals surface area contributed by atoms with Gasteiger partial charge in [0.25, 0.3) is 0 Å². The molecule has 5 nitrogen and oxygen atoms in total. The Bertz CT molecular complexity index is 949. The van der Waals surface area contributed by atoms with Gasteiger partial charge in [0.1, 0.15) is 11.5 Å². The Hall–Kier alpha value is -3.31. The molecule has 30 heavy (non-hydrogen) atoms. The molecule has 0 aliphatic heterocycles. The fraction of sp³-hybridized carbons (Fsp3) is 0.240. The second-order valence-corrected chi connectivity index (χ2v) is 7.23. The average molecular weight is 405 g/mol. The number of ether oxygens (including phenoxy) is 2. The van der Waals surface area contributed by atoms with Crippen LogP contribution in [-0.2, 0) is 4.79 Å². The maximum Gasteiger partial charge on any atom is 0.241 e. The topological polar surface area (TPSA) is 59.6 Å². The summed E-state index contributed by atoms with van der Waals surface area (Å²) in [7, 11) is 3.16. The van der Waals surface area contributed by atoms with Crippen LogP contribution in [0, 0.1) is 6.92 Å². The molecule has 0 spiro atoms. The van der Waals surface area contributed by atoms with Gasteiger partial charge in [-0.15, -0.1) is 0 Å². The van der Waals surface area contributed by atoms with E-state index in [1.54, 1.807) is 32.4 Å². The molecule has 0 bridgehead atoms. The summed E-state index contributed by atoms with van der Waals surface area (Å²) in [4.78, 5) is 12.9. The Morgan fingerprint density at radius 2 is 1.40 bits per heavy atom. The van der Waals surface area contributed by atoms with Crippen LogP contribution in [0.2, 0.25) is 0 Å². The maximum atomic E-state index is 12.9. The molecule has 2 N–H and O–H groups in total. The van der Waals surface area contributed by atoms with E-state index in [9.17, 15) is 4.79 Å². The number of anilines is 1. The van der Waals surface area contributed by atoms with Crippen LogP contribution < -0.4 is 20.1 Å². The van der Waals surface area contributed by atoms with E-state index < -0.39 is 6.04 Å². The minimum atomic E-state index is -0.436. The number of rotatable bonds is 8. The van der Waals surface area contributed by atoms with Crippen molar-refractivity contribution in [3.8, 4) is 11.5 Å². The molecule has 2 atom stereocenters. The van der Waals surface area contributed by atoms with E-state index in [0.29, 0.717) is 17.2 Å². The van der Waals surface area contributed by atoms with Crippen molar-refractivity contribution in [1.29, 1.82) is 0 Å². The smallest absolute Gasteiger partial charge is 0.241 e. The molecule has 0 radical (unpaired) electrons. The van der Waals surface area contributed by atoms with Crippen LogP contribution in [0.4, 0.5) is 5.69 Å². The van der Waals surface area contributed by atoms with Gasteiger partial charge < -0.3 is 14.8 Å². The monoisotopic (exact) mass is 404 g/mol. The molecule has 0 unspecified atom stereocenters. The molecule has 0 fully saturated rings. The average Bonchev–Trinajstić information content (AvgIpc) is 2.78. The molecule has 0 aliphatic rings. The summed E-state index contributed by atoms with van der Waals surface area (Å²) in [6, 6.07) is 23.2. The van der Waals surface area contributed by atoms with Crippen LogP contribution in [0.5, 0.6) is 11.5 Å². The Kier molecular flexibility index (Phi) is 7.09. The van der Waals surface area contributed by atoms with Crippen LogP contribution in [-0.4, -0.2) is 26.2 Å². The molecule has 156 valence electrons. The van der Waals surface area contributed by atoms with E-state index in [1.165, 1.54) is 5.56 Å². The third kappa shape index (κ3) is 5.39. The van der Waals surface area contributed by atoms with Crippen molar-refractivity contribution < 1.29 is 14.3 Å². The van der Waals surface area contributed by atoms with Crippen LogP contribution in [0.15, 0.2) is 72.8 Å². The van der Waals surface area contributed by atoms with Crippen molar-refractivity contribution in [2.45, 2.75) is 25.9 Å². The zero-order chi connectivity index (χ0) is 21.5. The first-order valence-electron chi connectivity index (χ1n) is 9.91. The summed E-state index contributed by atoms with van der Waals surface area (Å²) in [5.74, 6) is 1.09. The van der Waals surface area contributed by atoms with Crippen LogP contribution in [0.25, 0.3) is 0 Å². The number of amides is 1. The van der Waals surface area contributed by atoms with E-state index in [-0.39, 0.29) is 11.9 Å². The van der Waals surface area contributed by atoms with E-state index >= 15 is 0 Å². The number of hydrogen-bond acceptors (Lipinski definition) is 4. The van der Waals surface area contributed by atoms with E-state index in [4.69, 9.17) is 9.47 Å². The van der Waals surface area contributed by atoms with Crippen LogP contribution in [0.3, 0.4) is 0 Å². The lowest BCUT2D eigenvalue weighted by Crippen LogP contribution is -2.40. The zero-order valence-corrected chi connectivity index (χ0v) is 17.8. The highest BCUT2D eigenvalue weighted by Crippen LogP contribution is 2.26. The second-order valence-electron chi connectivity index (χ2n) is 7.23. The van der Waals surface area contributed by atoms with Gasteiger partial charge in [0, 0.05) is 23.9 Å². The fourth-order valence-electron chi connectivity index (χ4n) is 3.25. The lowest BCUT2D eigenvalue weighted by Gasteiger charge is -2.24. The van der Waals surface area contributed by atoms with Gasteiger partial charge in [0.05, 0.1) is 26.3 Å². The lowest BCUT2D eigenvalue weighted by molar-refractivity contribution is -0.117. The standard InChI is InChI=1S/C25H28N2O3/c1-17-10-12-20(13-11-17)24(19-8-6-5-7-9-19)26-18(2)25(28)27-21-14-22(29-3)16-23(15-21)30-4/h5-16,18,24,26H,1-4H3,(H,27,28)/t18-,24+/m1/s1. The highest BCUT2D eigenvalue weighted by Gasteiger charge is 2.21. The number of methoxy groups -OCH3 is 2. The van der Waals surface area contributed by atoms with E-state index in [2.05, 4.69) is 54.0 Å². The van der Waals surface area contributed by atoms with Crippen molar-refractivity contribution in [3.63, 3.8) is 0 Å². The zero-order valence-electron chi connectivity index (χ0n) is 17.8. The lowest BCUT2D eigenvalue weighted by atomic mass is 9.97. The van der Waals surface area contributed by atoms with Crippen LogP contribution >= 0.6 is 0 Å². The predicted molar refractivity (Wildman–Crippen MR) is 120 cm³/mol. The molecule has 1 amide bonds. The van der Waals surface area contributed by atoms with E-state index in [1.807, 2.05) is 25.1 Å². The summed E-state index contributed by atoms with van der Waals surface area (Å²) in [5, 5.41) is 6.42. The van der Waals surface area contributed by atoms with Crippen molar-refractivity contribution in [3.05, 3.63) is 89.5 Å². The summed E-state index contributed by atoms with van der Waals surface area (Å²) in [6.45, 7) is 3.92. The molecule has 0 saturated heterocycles. The van der Waals surface area contributed by atoms with Crippen molar-refractivity contribution in [2.75, 3.05) is 19.5 Å². The molecule has 0 saturated carbocycles. The summed E-state index contributed by atoms with van der Waals surface area (Å²) >= 11 is 0. The SMILES string of the molecule is COc1cc(NC(=O)[C@@H](C)N[C@@H](c2ccccc2)c2ccc(C)cc2)cc(OC)c1. The molecule has 0 aromatic heterocycles. The molecule has 3 aromatic carbocycles. The highest BCUT2D eigenvalue weighted by molar-refractivity contribution is 5.95. The van der Waals surface area contributed by atoms with Gasteiger partial charge in [-0.1, -0.05) is 60.2 Å². The Morgan fingerprint density at radius 3 is 1.97 bits per heavy atom. The third-order valence-corrected chi connectivity index (χ3v) is 4.97. The number of carbonyl (C=O) groups excluding carboxylic acids is 1. The molecule has 3 aromatic rings. The summed E-state index contributed by atoms with van der Waals surface area (Å²) in [5.41, 5.74) is 4.03. The quantitative estimate of drug-likeness (QED) is 0.570. The van der Waals surface area contributed by atoms with Crippen LogP contribution in [0.1, 0.15) is 29.7 Å². The minimum Gasteiger partial charge on any atom is -0.497 e. The molecule has 0 heterocycles. The fourth-order valence-corrected chi connectivity index (χ4v) is 3.25. The number of carbonyl (C=O) groups is 1. The molecular weight excluding hydrogens is 376 g/mol. The maximum absolute atomic E-state index is 12.9. The minimum absolute atomic E-state index is 0.104. The number of benzene rings is 3. The van der Waals surface area contributed by atoms with Gasteiger partial charge in [-0.25, -0.2) is 0 Å². The first-order chi connectivity index (χ1) is 14.5. The van der Waals surface area contributed by atoms with Gasteiger partial charge in [-0.2, -0.15) is 0 Å². The summed E-state index contributed by atoms with van der Waals surface area (Å²) in [6.07, 6.45) is 0. The Labute approximate surface area is 178 Å². The number of hydrogen-bond donors (Lipinski definition) is 2. The first-order valence-corrected chi connectivity index (χ1v) is 9.91. The first kappa shape index (κ1) is 21.4. The Morgan fingerprint density at radius 1 is 0.833 bits per heavy atom. The van der Waals surface area contributed by atoms with Crippen molar-refractivity contribution in [2.24, 2.45) is 0 Å². The summed E-state index contributed by atoms with van der Waals surface area (Å²) < 4.78 is 10.6. The third-order valence-electron chi connectivity index (χ3n) is 4.97.